The van der Waals surface area contributed by atoms with Crippen molar-refractivity contribution in [3.05, 3.63) is 61.9 Å². The number of aromatic nitrogens is 2. The number of amides is 1. The van der Waals surface area contributed by atoms with Crippen LogP contribution < -0.4 is 5.32 Å². The summed E-state index contributed by atoms with van der Waals surface area (Å²) >= 11 is 17.0. The quantitative estimate of drug-likeness (QED) is 0.123. The third kappa shape index (κ3) is 5.17. The molecule has 0 bridgehead atoms. The highest BCUT2D eigenvalue weighted by molar-refractivity contribution is 6.35. The zero-order valence-electron chi connectivity index (χ0n) is 17.9. The molecule has 188 valence electrons. The van der Waals surface area contributed by atoms with Gasteiger partial charge in [-0.15, -0.1) is 0 Å². The number of rotatable bonds is 6. The summed E-state index contributed by atoms with van der Waals surface area (Å²) in [5.74, 6) is -5.20. The van der Waals surface area contributed by atoms with Crippen LogP contribution in [0.1, 0.15) is 46.3 Å². The monoisotopic (exact) mass is 557 g/mol. The first-order valence-electron chi connectivity index (χ1n) is 9.89. The van der Waals surface area contributed by atoms with Crippen LogP contribution in [-0.4, -0.2) is 34.2 Å². The number of aryl methyl sites for hydroxylation is 1. The number of carbonyl (C=O) groups excluding carboxylic acids is 2. The molecule has 2 heterocycles. The Morgan fingerprint density at radius 2 is 1.77 bits per heavy atom. The molecule has 0 fully saturated rings. The molecule has 0 saturated carbocycles. The first kappa shape index (κ1) is 27.0. The molecule has 6 nitrogen and oxygen atoms in total. The Labute approximate surface area is 209 Å². The fourth-order valence-corrected chi connectivity index (χ4v) is 4.04. The minimum atomic E-state index is -5.21. The third-order valence-electron chi connectivity index (χ3n) is 4.91. The van der Waals surface area contributed by atoms with Crippen LogP contribution in [0.15, 0.2) is 18.2 Å². The average Bonchev–Trinajstić information content (AvgIpc) is 3.14. The highest BCUT2D eigenvalue weighted by Gasteiger charge is 2.44. The Balaban J connectivity index is 2.09. The molecule has 1 aromatic carbocycles. The minimum absolute atomic E-state index is 0.0592. The molecule has 1 atom stereocenters. The molecule has 35 heavy (non-hydrogen) atoms. The van der Waals surface area contributed by atoms with E-state index in [1.165, 1.54) is 16.7 Å². The number of hydrogen-bond donors (Lipinski definition) is 1. The van der Waals surface area contributed by atoms with Crippen LogP contribution in [-0.2, 0) is 11.3 Å². The van der Waals surface area contributed by atoms with E-state index in [1.807, 2.05) is 0 Å². The number of pyridine rings is 1. The van der Waals surface area contributed by atoms with Gasteiger partial charge < -0.3 is 14.6 Å². The van der Waals surface area contributed by atoms with Gasteiger partial charge in [0.1, 0.15) is 27.3 Å². The van der Waals surface area contributed by atoms with Gasteiger partial charge in [0.25, 0.3) is 5.91 Å². The van der Waals surface area contributed by atoms with Gasteiger partial charge in [-0.25, -0.2) is 18.6 Å². The molecule has 0 spiro atoms. The lowest BCUT2D eigenvalue weighted by Crippen LogP contribution is -2.39. The van der Waals surface area contributed by atoms with Crippen molar-refractivity contribution >= 4 is 57.7 Å². The lowest BCUT2D eigenvalue weighted by atomic mass is 10.0. The van der Waals surface area contributed by atoms with Crippen molar-refractivity contribution in [2.24, 2.45) is 0 Å². The van der Waals surface area contributed by atoms with Gasteiger partial charge in [0, 0.05) is 17.5 Å². The van der Waals surface area contributed by atoms with Crippen LogP contribution in [0.3, 0.4) is 0 Å². The van der Waals surface area contributed by atoms with E-state index in [1.54, 1.807) is 19.2 Å². The number of hydrogen-bond acceptors (Lipinski definition) is 4. The molecule has 1 N–H and O–H groups in total. The van der Waals surface area contributed by atoms with Crippen LogP contribution in [0, 0.1) is 11.6 Å². The lowest BCUT2D eigenvalue weighted by molar-refractivity contribution is -0.155. The predicted molar refractivity (Wildman–Crippen MR) is 119 cm³/mol. The summed E-state index contributed by atoms with van der Waals surface area (Å²) in [5.41, 5.74) is -1.46. The van der Waals surface area contributed by atoms with Gasteiger partial charge in [0.05, 0.1) is 17.2 Å². The standard InChI is InChI=1S/C21H15Cl3F5N3O3/c1-3-32-12(6-8-5-10(20(34)35-4-2)17(24)31-18(8)32)19(33)30-16(21(27,28)29)9-7-11(22)15(26)13(23)14(9)25/h5-7,16H,3-4H2,1-2H3,(H,30,33). The molecular formula is C21H15Cl3F5N3O3. The number of nitrogens with one attached hydrogen (secondary N) is 1. The topological polar surface area (TPSA) is 73.2 Å². The van der Waals surface area contributed by atoms with E-state index in [9.17, 15) is 31.5 Å². The first-order valence-corrected chi connectivity index (χ1v) is 11.0. The average molecular weight is 559 g/mol. The minimum Gasteiger partial charge on any atom is -0.462 e. The number of nitrogens with zero attached hydrogens (tertiary/aromatic N) is 2. The first-order chi connectivity index (χ1) is 16.3. The number of carbonyl (C=O) groups is 2. The van der Waals surface area contributed by atoms with Gasteiger partial charge in [0.15, 0.2) is 11.9 Å². The Kier molecular flexibility index (Phi) is 7.83. The van der Waals surface area contributed by atoms with E-state index >= 15 is 0 Å². The van der Waals surface area contributed by atoms with Gasteiger partial charge >= 0.3 is 12.1 Å². The van der Waals surface area contributed by atoms with Crippen molar-refractivity contribution in [1.29, 1.82) is 0 Å². The normalized spacial score (nSPS) is 12.6. The Morgan fingerprint density at radius 3 is 2.34 bits per heavy atom. The molecule has 0 saturated heterocycles. The van der Waals surface area contributed by atoms with Crippen molar-refractivity contribution < 1.29 is 36.3 Å². The molecule has 0 aliphatic heterocycles. The predicted octanol–water partition coefficient (Wildman–Crippen LogP) is 6.50. The van der Waals surface area contributed by atoms with Gasteiger partial charge in [0.2, 0.25) is 0 Å². The van der Waals surface area contributed by atoms with E-state index in [2.05, 4.69) is 4.98 Å². The number of benzene rings is 1. The molecule has 14 heteroatoms. The molecule has 2 aromatic heterocycles. The largest absolute Gasteiger partial charge is 0.462 e. The van der Waals surface area contributed by atoms with Crippen molar-refractivity contribution in [2.45, 2.75) is 32.6 Å². The molecule has 0 aliphatic carbocycles. The van der Waals surface area contributed by atoms with E-state index in [-0.39, 0.29) is 40.6 Å². The molecule has 0 radical (unpaired) electrons. The van der Waals surface area contributed by atoms with Gasteiger partial charge in [-0.3, -0.25) is 4.79 Å². The van der Waals surface area contributed by atoms with Gasteiger partial charge in [-0.2, -0.15) is 13.2 Å². The summed E-state index contributed by atoms with van der Waals surface area (Å²) in [6.45, 7) is 3.30. The highest BCUT2D eigenvalue weighted by atomic mass is 35.5. The molecule has 3 rings (SSSR count). The zero-order valence-corrected chi connectivity index (χ0v) is 20.1. The number of esters is 1. The van der Waals surface area contributed by atoms with Crippen molar-refractivity contribution in [1.82, 2.24) is 14.9 Å². The Morgan fingerprint density at radius 1 is 1.11 bits per heavy atom. The van der Waals surface area contributed by atoms with Gasteiger partial charge in [-0.1, -0.05) is 34.8 Å². The second kappa shape index (κ2) is 10.2. The summed E-state index contributed by atoms with van der Waals surface area (Å²) in [5, 5.41) is -0.429. The highest BCUT2D eigenvalue weighted by Crippen LogP contribution is 2.39. The fraction of sp³-hybridized carbons (Fsp3) is 0.286. The third-order valence-corrected chi connectivity index (χ3v) is 5.81. The zero-order chi connectivity index (χ0) is 26.2. The SMILES string of the molecule is CCOC(=O)c1cc2cc(C(=O)NC(c3cc(Cl)c(F)c(Cl)c3F)C(F)(F)F)n(CC)c2nc1Cl. The fourth-order valence-electron chi connectivity index (χ4n) is 3.36. The molecule has 3 aromatic rings. The molecule has 1 amide bonds. The second-order valence-electron chi connectivity index (χ2n) is 7.07. The molecule has 0 aliphatic rings. The maximum Gasteiger partial charge on any atom is 0.412 e. The van der Waals surface area contributed by atoms with Crippen LogP contribution >= 0.6 is 34.8 Å². The van der Waals surface area contributed by atoms with Crippen molar-refractivity contribution in [3.8, 4) is 0 Å². The number of halogens is 8. The number of ether oxygens (including phenoxy) is 1. The van der Waals surface area contributed by atoms with Gasteiger partial charge in [-0.05, 0) is 32.0 Å². The summed E-state index contributed by atoms with van der Waals surface area (Å²) in [7, 11) is 0. The maximum absolute atomic E-state index is 14.5. The smallest absolute Gasteiger partial charge is 0.412 e. The molecule has 1 unspecified atom stereocenters. The summed E-state index contributed by atoms with van der Waals surface area (Å²) < 4.78 is 75.8. The van der Waals surface area contributed by atoms with Crippen LogP contribution in [0.25, 0.3) is 11.0 Å². The Hall–Kier alpha value is -2.63. The van der Waals surface area contributed by atoms with Crippen LogP contribution in [0.2, 0.25) is 15.2 Å². The van der Waals surface area contributed by atoms with E-state index in [4.69, 9.17) is 39.5 Å². The summed E-state index contributed by atoms with van der Waals surface area (Å²) in [6, 6.07) is -0.0416. The van der Waals surface area contributed by atoms with Crippen LogP contribution in [0.5, 0.6) is 0 Å². The van der Waals surface area contributed by atoms with Crippen LogP contribution in [0.4, 0.5) is 22.0 Å². The second-order valence-corrected chi connectivity index (χ2v) is 8.21. The Bertz CT molecular complexity index is 1330. The maximum atomic E-state index is 14.5. The molecular weight excluding hydrogens is 544 g/mol. The van der Waals surface area contributed by atoms with Crippen molar-refractivity contribution in [2.75, 3.05) is 6.61 Å². The number of alkyl halides is 3. The summed E-state index contributed by atoms with van der Waals surface area (Å²) in [4.78, 5) is 29.1. The van der Waals surface area contributed by atoms with Crippen molar-refractivity contribution in [3.63, 3.8) is 0 Å². The number of fused-ring (bicyclic) bond motifs is 1. The van der Waals surface area contributed by atoms with E-state index < -0.39 is 51.3 Å². The van der Waals surface area contributed by atoms with E-state index in [0.29, 0.717) is 6.07 Å². The summed E-state index contributed by atoms with van der Waals surface area (Å²) in [6.07, 6.45) is -5.21. The van der Waals surface area contributed by atoms with E-state index in [0.717, 1.165) is 0 Å². The lowest BCUT2D eigenvalue weighted by Gasteiger charge is -2.23.